The third-order valence-electron chi connectivity index (χ3n) is 3.30. The van der Waals surface area contributed by atoms with Gasteiger partial charge in [0.15, 0.2) is 12.2 Å². The molecule has 0 saturated carbocycles. The maximum absolute atomic E-state index is 11.7. The van der Waals surface area contributed by atoms with Crippen LogP contribution in [0.3, 0.4) is 0 Å². The molecule has 1 fully saturated rings. The zero-order valence-electron chi connectivity index (χ0n) is 11.5. The van der Waals surface area contributed by atoms with E-state index in [1.807, 2.05) is 0 Å². The minimum atomic E-state index is -0.313. The average molecular weight is 288 g/mol. The second-order valence-corrected chi connectivity index (χ2v) is 4.85. The number of hydrogen-bond acceptors (Lipinski definition) is 6. The fourth-order valence-electron chi connectivity index (χ4n) is 2.16. The molecule has 1 aliphatic rings. The molecular formula is C14H16N4O3. The molecule has 1 unspecified atom stereocenters. The molecule has 110 valence electrons. The number of nitrogens with one attached hydrogen (secondary N) is 1. The van der Waals surface area contributed by atoms with Gasteiger partial charge in [0, 0.05) is 31.1 Å². The molecule has 1 saturated heterocycles. The van der Waals surface area contributed by atoms with E-state index in [9.17, 15) is 4.79 Å². The Morgan fingerprint density at radius 1 is 1.29 bits per heavy atom. The van der Waals surface area contributed by atoms with Gasteiger partial charge in [-0.2, -0.15) is 0 Å². The highest BCUT2D eigenvalue weighted by atomic mass is 16.5. The summed E-state index contributed by atoms with van der Waals surface area (Å²) >= 11 is 0. The number of amides is 1. The maximum atomic E-state index is 11.7. The maximum Gasteiger partial charge on any atom is 0.288 e. The lowest BCUT2D eigenvalue weighted by atomic mass is 10.1. The Morgan fingerprint density at radius 2 is 2.14 bits per heavy atom. The van der Waals surface area contributed by atoms with Crippen molar-refractivity contribution in [3.63, 3.8) is 0 Å². The van der Waals surface area contributed by atoms with Gasteiger partial charge in [-0.05, 0) is 19.3 Å². The van der Waals surface area contributed by atoms with Gasteiger partial charge in [-0.25, -0.2) is 15.0 Å². The van der Waals surface area contributed by atoms with Gasteiger partial charge >= 0.3 is 0 Å². The molecule has 0 spiro atoms. The number of aromatic nitrogens is 3. The number of oxazole rings is 1. The van der Waals surface area contributed by atoms with Crippen molar-refractivity contribution in [1.29, 1.82) is 0 Å². The largest absolute Gasteiger partial charge is 0.438 e. The van der Waals surface area contributed by atoms with Crippen LogP contribution in [-0.2, 0) is 11.3 Å². The molecule has 0 aliphatic carbocycles. The number of carbonyl (C=O) groups excluding carboxylic acids is 1. The van der Waals surface area contributed by atoms with Gasteiger partial charge in [-0.15, -0.1) is 0 Å². The summed E-state index contributed by atoms with van der Waals surface area (Å²) in [5.74, 6) is 0.579. The molecule has 7 nitrogen and oxygen atoms in total. The first-order chi connectivity index (χ1) is 10.3. The van der Waals surface area contributed by atoms with E-state index in [0.29, 0.717) is 12.4 Å². The predicted molar refractivity (Wildman–Crippen MR) is 72.2 cm³/mol. The Kier molecular flexibility index (Phi) is 4.20. The summed E-state index contributed by atoms with van der Waals surface area (Å²) in [6.45, 7) is 1.11. The number of rotatable bonds is 4. The lowest BCUT2D eigenvalue weighted by Gasteiger charge is -2.21. The Bertz CT molecular complexity index is 577. The predicted octanol–water partition coefficient (Wildman–Crippen LogP) is 1.64. The van der Waals surface area contributed by atoms with Crippen molar-refractivity contribution < 1.29 is 13.9 Å². The van der Waals surface area contributed by atoms with E-state index in [2.05, 4.69) is 20.3 Å². The summed E-state index contributed by atoms with van der Waals surface area (Å²) in [5, 5.41) is 2.72. The molecule has 3 rings (SSSR count). The first kappa shape index (κ1) is 13.7. The number of nitrogens with zero attached hydrogens (tertiary/aromatic N) is 3. The van der Waals surface area contributed by atoms with Crippen LogP contribution in [0.4, 0.5) is 0 Å². The van der Waals surface area contributed by atoms with Crippen LogP contribution in [0.1, 0.15) is 47.3 Å². The van der Waals surface area contributed by atoms with E-state index in [1.54, 1.807) is 12.4 Å². The summed E-state index contributed by atoms with van der Waals surface area (Å²) in [7, 11) is 0. The van der Waals surface area contributed by atoms with Crippen LogP contribution in [0, 0.1) is 0 Å². The van der Waals surface area contributed by atoms with Crippen LogP contribution in [0.5, 0.6) is 0 Å². The van der Waals surface area contributed by atoms with Crippen molar-refractivity contribution >= 4 is 5.91 Å². The number of hydrogen-bond donors (Lipinski definition) is 1. The summed E-state index contributed by atoms with van der Waals surface area (Å²) in [6.07, 6.45) is 9.21. The van der Waals surface area contributed by atoms with E-state index in [4.69, 9.17) is 9.15 Å². The summed E-state index contributed by atoms with van der Waals surface area (Å²) in [5.41, 5.74) is 0.822. The lowest BCUT2D eigenvalue weighted by Crippen LogP contribution is -2.22. The van der Waals surface area contributed by atoms with Gasteiger partial charge in [-0.1, -0.05) is 0 Å². The standard InChI is InChI=1S/C14H16N4O3/c19-14(12-8-15-9-21-12)18-7-10-5-16-13(17-6-10)11-3-1-2-4-20-11/h5-6,8-9,11H,1-4,7H2,(H,18,19). The summed E-state index contributed by atoms with van der Waals surface area (Å²) < 4.78 is 10.5. The first-order valence-corrected chi connectivity index (χ1v) is 6.92. The SMILES string of the molecule is O=C(NCc1cnc(C2CCCCO2)nc1)c1cnco1. The minimum Gasteiger partial charge on any atom is -0.438 e. The van der Waals surface area contributed by atoms with Crippen LogP contribution in [0.2, 0.25) is 0 Å². The zero-order chi connectivity index (χ0) is 14.5. The second kappa shape index (κ2) is 6.45. The van der Waals surface area contributed by atoms with Crippen LogP contribution >= 0.6 is 0 Å². The molecule has 1 atom stereocenters. The minimum absolute atomic E-state index is 0.00316. The molecule has 0 aromatic carbocycles. The van der Waals surface area contributed by atoms with E-state index in [1.165, 1.54) is 12.6 Å². The molecular weight excluding hydrogens is 272 g/mol. The van der Waals surface area contributed by atoms with Crippen LogP contribution in [-0.4, -0.2) is 27.5 Å². The Morgan fingerprint density at radius 3 is 2.81 bits per heavy atom. The van der Waals surface area contributed by atoms with Gasteiger partial charge in [-0.3, -0.25) is 4.79 Å². The summed E-state index contributed by atoms with van der Waals surface area (Å²) in [4.78, 5) is 24.0. The van der Waals surface area contributed by atoms with Crippen LogP contribution < -0.4 is 5.32 Å². The van der Waals surface area contributed by atoms with Crippen LogP contribution in [0.25, 0.3) is 0 Å². The molecule has 0 bridgehead atoms. The fraction of sp³-hybridized carbons (Fsp3) is 0.429. The fourth-order valence-corrected chi connectivity index (χ4v) is 2.16. The van der Waals surface area contributed by atoms with Gasteiger partial charge in [0.05, 0.1) is 6.20 Å². The molecule has 21 heavy (non-hydrogen) atoms. The third-order valence-corrected chi connectivity index (χ3v) is 3.30. The van der Waals surface area contributed by atoms with Crippen molar-refractivity contribution in [3.8, 4) is 0 Å². The number of carbonyl (C=O) groups is 1. The third kappa shape index (κ3) is 3.43. The van der Waals surface area contributed by atoms with E-state index < -0.39 is 0 Å². The molecule has 1 N–H and O–H groups in total. The number of ether oxygens (including phenoxy) is 1. The van der Waals surface area contributed by atoms with E-state index in [0.717, 1.165) is 31.4 Å². The highest BCUT2D eigenvalue weighted by molar-refractivity contribution is 5.90. The highest BCUT2D eigenvalue weighted by Crippen LogP contribution is 2.24. The smallest absolute Gasteiger partial charge is 0.288 e. The van der Waals surface area contributed by atoms with E-state index >= 15 is 0 Å². The quantitative estimate of drug-likeness (QED) is 0.919. The van der Waals surface area contributed by atoms with Gasteiger partial charge in [0.25, 0.3) is 5.91 Å². The second-order valence-electron chi connectivity index (χ2n) is 4.85. The van der Waals surface area contributed by atoms with Crippen molar-refractivity contribution in [2.75, 3.05) is 6.61 Å². The van der Waals surface area contributed by atoms with E-state index in [-0.39, 0.29) is 17.8 Å². The normalized spacial score (nSPS) is 18.4. The first-order valence-electron chi connectivity index (χ1n) is 6.92. The van der Waals surface area contributed by atoms with Crippen LogP contribution in [0.15, 0.2) is 29.4 Å². The Labute approximate surface area is 121 Å². The molecule has 1 aliphatic heterocycles. The Balaban J connectivity index is 1.55. The molecule has 3 heterocycles. The van der Waals surface area contributed by atoms with Gasteiger partial charge < -0.3 is 14.5 Å². The zero-order valence-corrected chi connectivity index (χ0v) is 11.5. The molecule has 0 radical (unpaired) electrons. The molecule has 2 aromatic rings. The monoisotopic (exact) mass is 288 g/mol. The molecule has 2 aromatic heterocycles. The average Bonchev–Trinajstić information content (AvgIpc) is 3.08. The highest BCUT2D eigenvalue weighted by Gasteiger charge is 2.18. The van der Waals surface area contributed by atoms with Crippen molar-refractivity contribution in [2.24, 2.45) is 0 Å². The Hall–Kier alpha value is -2.28. The summed E-state index contributed by atoms with van der Waals surface area (Å²) in [6, 6.07) is 0. The topological polar surface area (TPSA) is 90.1 Å². The molecule has 1 amide bonds. The van der Waals surface area contributed by atoms with Gasteiger partial charge in [0.1, 0.15) is 6.10 Å². The van der Waals surface area contributed by atoms with Crippen molar-refractivity contribution in [2.45, 2.75) is 31.9 Å². The lowest BCUT2D eigenvalue weighted by molar-refractivity contribution is 0.00940. The van der Waals surface area contributed by atoms with Crippen molar-refractivity contribution in [3.05, 3.63) is 42.1 Å². The van der Waals surface area contributed by atoms with Gasteiger partial charge in [0.2, 0.25) is 5.76 Å². The van der Waals surface area contributed by atoms with Crippen molar-refractivity contribution in [1.82, 2.24) is 20.3 Å². The molecule has 7 heteroatoms.